The Hall–Kier alpha value is -7.11. The van der Waals surface area contributed by atoms with Gasteiger partial charge in [-0.1, -0.05) is 29.8 Å². The average Bonchev–Trinajstić information content (AvgIpc) is 4.03. The van der Waals surface area contributed by atoms with Crippen molar-refractivity contribution in [3.05, 3.63) is 107 Å². The number of aryl methyl sites for hydroxylation is 1. The number of nitrogens with one attached hydrogen (secondary N) is 1. The molecule has 1 N–H and O–H groups in total. The predicted octanol–water partition coefficient (Wildman–Crippen LogP) is 9.00. The molecule has 4 aromatic heterocycles. The normalized spacial score (nSPS) is 14.8. The molecule has 330 valence electrons. The van der Waals surface area contributed by atoms with Gasteiger partial charge < -0.3 is 33.6 Å². The zero-order valence-electron chi connectivity index (χ0n) is 35.4. The number of aromatic amines is 1. The molecule has 14 nitrogen and oxygen atoms in total. The number of alkyl halides is 4. The molecule has 0 bridgehead atoms. The second-order valence-corrected chi connectivity index (χ2v) is 14.8. The van der Waals surface area contributed by atoms with Gasteiger partial charge in [0.15, 0.2) is 23.0 Å². The van der Waals surface area contributed by atoms with Gasteiger partial charge in [-0.05, 0) is 74.9 Å². The van der Waals surface area contributed by atoms with E-state index in [1.54, 1.807) is 49.6 Å². The number of ether oxygens (including phenoxy) is 5. The summed E-state index contributed by atoms with van der Waals surface area (Å²) in [6, 6.07) is 21.6. The van der Waals surface area contributed by atoms with Gasteiger partial charge in [0, 0.05) is 30.0 Å². The fraction of sp³-hybridized carbons (Fsp3) is 0.311. The van der Waals surface area contributed by atoms with Gasteiger partial charge in [-0.3, -0.25) is 18.7 Å². The SMILES string of the molecule is COc1ccc(-c2cc3ncn(C(F)F)c3c(=O)[nH]2)cc1OC.COc1ccc(-c2cc3ncn(C(F)F)c3c(O[C@H](C)[C@@H]3CC(=O)N([C@H](C)c4ccc(C)cc4)C3)n2)cc1OC. The molecule has 0 unspecified atom stereocenters. The van der Waals surface area contributed by atoms with Crippen LogP contribution < -0.4 is 29.2 Å². The summed E-state index contributed by atoms with van der Waals surface area (Å²) in [6.45, 7) is 0.716. The number of carbonyl (C=O) groups is 1. The lowest BCUT2D eigenvalue weighted by molar-refractivity contribution is -0.129. The van der Waals surface area contributed by atoms with Crippen molar-refractivity contribution in [2.45, 2.75) is 52.4 Å². The molecule has 1 fully saturated rings. The highest BCUT2D eigenvalue weighted by Gasteiger charge is 2.37. The number of amides is 1. The van der Waals surface area contributed by atoms with Crippen molar-refractivity contribution in [1.29, 1.82) is 0 Å². The number of fused-ring (bicyclic) bond motifs is 2. The van der Waals surface area contributed by atoms with E-state index < -0.39 is 24.8 Å². The Bertz CT molecular complexity index is 2810. The summed E-state index contributed by atoms with van der Waals surface area (Å²) in [6.07, 6.45) is 1.85. The maximum atomic E-state index is 13.9. The van der Waals surface area contributed by atoms with Gasteiger partial charge in [0.2, 0.25) is 11.8 Å². The second kappa shape index (κ2) is 18.5. The van der Waals surface area contributed by atoms with Gasteiger partial charge in [0.25, 0.3) is 5.56 Å². The topological polar surface area (TPSA) is 148 Å². The molecule has 3 aromatic carbocycles. The third-order valence-electron chi connectivity index (χ3n) is 11.1. The Kier molecular flexibility index (Phi) is 12.9. The number of benzene rings is 3. The Balaban J connectivity index is 0.000000219. The minimum absolute atomic E-state index is 0.0309. The molecule has 0 radical (unpaired) electrons. The molecule has 8 rings (SSSR count). The molecule has 1 amide bonds. The van der Waals surface area contributed by atoms with Crippen molar-refractivity contribution in [1.82, 2.24) is 34.0 Å². The average molecular weight is 872 g/mol. The van der Waals surface area contributed by atoms with E-state index in [2.05, 4.69) is 19.9 Å². The highest BCUT2D eigenvalue weighted by molar-refractivity contribution is 5.85. The van der Waals surface area contributed by atoms with E-state index in [4.69, 9.17) is 23.7 Å². The molecule has 3 atom stereocenters. The molecule has 0 aliphatic carbocycles. The molecular weight excluding hydrogens is 827 g/mol. The Morgan fingerprint density at radius 1 is 0.698 bits per heavy atom. The quantitative estimate of drug-likeness (QED) is 0.111. The van der Waals surface area contributed by atoms with Gasteiger partial charge in [-0.25, -0.2) is 15.0 Å². The number of nitrogens with zero attached hydrogens (tertiary/aromatic N) is 6. The minimum Gasteiger partial charge on any atom is -0.493 e. The maximum absolute atomic E-state index is 13.9. The van der Waals surface area contributed by atoms with Crippen molar-refractivity contribution in [2.75, 3.05) is 35.0 Å². The zero-order valence-corrected chi connectivity index (χ0v) is 35.4. The summed E-state index contributed by atoms with van der Waals surface area (Å²) in [5, 5.41) is 0. The van der Waals surface area contributed by atoms with Crippen LogP contribution in [0.4, 0.5) is 17.6 Å². The summed E-state index contributed by atoms with van der Waals surface area (Å²) >= 11 is 0. The van der Waals surface area contributed by atoms with E-state index in [1.165, 1.54) is 27.4 Å². The third kappa shape index (κ3) is 8.96. The summed E-state index contributed by atoms with van der Waals surface area (Å²) in [7, 11) is 6.09. The molecular formula is C45H45F4N7O7. The number of rotatable bonds is 13. The van der Waals surface area contributed by atoms with Crippen LogP contribution in [-0.4, -0.2) is 81.0 Å². The second-order valence-electron chi connectivity index (χ2n) is 14.8. The number of imidazole rings is 2. The van der Waals surface area contributed by atoms with Crippen LogP contribution in [0.2, 0.25) is 0 Å². The predicted molar refractivity (Wildman–Crippen MR) is 227 cm³/mol. The van der Waals surface area contributed by atoms with Crippen LogP contribution in [0.5, 0.6) is 28.9 Å². The maximum Gasteiger partial charge on any atom is 0.320 e. The van der Waals surface area contributed by atoms with Gasteiger partial charge in [0.05, 0.1) is 56.9 Å². The lowest BCUT2D eigenvalue weighted by Gasteiger charge is -2.26. The number of hydrogen-bond donors (Lipinski definition) is 1. The molecule has 1 aliphatic rings. The van der Waals surface area contributed by atoms with Crippen LogP contribution in [0.25, 0.3) is 44.6 Å². The standard InChI is InChI=1S/C30H32F2N4O4.C15H13F2N3O3/c1-17-6-8-20(9-7-17)18(2)35-15-22(13-27(35)37)19(3)40-29-28-24(33-16-36(28)30(31)32)14-23(34-29)21-10-11-25(38-4)26(12-21)39-5;1-22-11-4-3-8(5-12(11)23-2)9-6-10-13(14(21)19-9)20(7-18-10)15(16)17/h6-12,14,16,18-19,22,30H,13,15H2,1-5H3;3-7,15H,1-2H3,(H,19,21)/t18-,19-,22-;/m1./s1. The highest BCUT2D eigenvalue weighted by Crippen LogP contribution is 2.38. The van der Waals surface area contributed by atoms with Crippen molar-refractivity contribution >= 4 is 28.0 Å². The molecule has 18 heteroatoms. The first-order valence-corrected chi connectivity index (χ1v) is 19.8. The van der Waals surface area contributed by atoms with Crippen LogP contribution in [0, 0.1) is 12.8 Å². The molecule has 0 spiro atoms. The van der Waals surface area contributed by atoms with E-state index in [9.17, 15) is 27.2 Å². The smallest absolute Gasteiger partial charge is 0.320 e. The van der Waals surface area contributed by atoms with E-state index in [1.807, 2.05) is 49.9 Å². The molecule has 0 saturated carbocycles. The summed E-state index contributed by atoms with van der Waals surface area (Å²) in [5.41, 5.74) is 4.27. The summed E-state index contributed by atoms with van der Waals surface area (Å²) in [4.78, 5) is 42.3. The van der Waals surface area contributed by atoms with Crippen molar-refractivity contribution < 1.29 is 46.0 Å². The third-order valence-corrected chi connectivity index (χ3v) is 11.1. The number of pyridine rings is 2. The minimum atomic E-state index is -2.83. The van der Waals surface area contributed by atoms with E-state index in [0.717, 1.165) is 28.3 Å². The Labute approximate surface area is 359 Å². The fourth-order valence-corrected chi connectivity index (χ4v) is 7.52. The summed E-state index contributed by atoms with van der Waals surface area (Å²) < 4.78 is 82.2. The number of aromatic nitrogens is 6. The first-order valence-electron chi connectivity index (χ1n) is 19.8. The van der Waals surface area contributed by atoms with Crippen molar-refractivity contribution in [2.24, 2.45) is 5.92 Å². The first-order chi connectivity index (χ1) is 30.2. The molecule has 5 heterocycles. The fourth-order valence-electron chi connectivity index (χ4n) is 7.52. The van der Waals surface area contributed by atoms with Crippen molar-refractivity contribution in [3.63, 3.8) is 0 Å². The van der Waals surface area contributed by atoms with E-state index in [-0.39, 0.29) is 40.3 Å². The number of halogens is 4. The highest BCUT2D eigenvalue weighted by atomic mass is 19.3. The molecule has 1 aliphatic heterocycles. The Morgan fingerprint density at radius 3 is 1.84 bits per heavy atom. The van der Waals surface area contributed by atoms with E-state index in [0.29, 0.717) is 68.6 Å². The molecule has 63 heavy (non-hydrogen) atoms. The van der Waals surface area contributed by atoms with Crippen LogP contribution in [0.15, 0.2) is 90.2 Å². The molecule has 7 aromatic rings. The van der Waals surface area contributed by atoms with Gasteiger partial charge in [-0.15, -0.1) is 0 Å². The van der Waals surface area contributed by atoms with Gasteiger partial charge in [-0.2, -0.15) is 17.6 Å². The van der Waals surface area contributed by atoms with Crippen molar-refractivity contribution in [3.8, 4) is 51.4 Å². The van der Waals surface area contributed by atoms with Gasteiger partial charge in [0.1, 0.15) is 29.8 Å². The Morgan fingerprint density at radius 2 is 1.25 bits per heavy atom. The molecule has 1 saturated heterocycles. The van der Waals surface area contributed by atoms with Crippen LogP contribution in [0.1, 0.15) is 50.5 Å². The number of hydrogen-bond acceptors (Lipinski definition) is 10. The number of carbonyl (C=O) groups excluding carboxylic acids is 1. The monoisotopic (exact) mass is 871 g/mol. The van der Waals surface area contributed by atoms with Crippen LogP contribution in [-0.2, 0) is 4.79 Å². The lowest BCUT2D eigenvalue weighted by Crippen LogP contribution is -2.31. The van der Waals surface area contributed by atoms with E-state index >= 15 is 0 Å². The first kappa shape index (κ1) is 44.0. The number of likely N-dealkylation sites (tertiary alicyclic amines) is 1. The lowest BCUT2D eigenvalue weighted by atomic mass is 10.0. The summed E-state index contributed by atoms with van der Waals surface area (Å²) in [5.74, 6) is 2.00. The van der Waals surface area contributed by atoms with Crippen LogP contribution >= 0.6 is 0 Å². The van der Waals surface area contributed by atoms with Gasteiger partial charge >= 0.3 is 13.1 Å². The number of methoxy groups -OCH3 is 4. The number of H-pyrrole nitrogens is 1. The zero-order chi connectivity index (χ0) is 45.1. The van der Waals surface area contributed by atoms with Crippen LogP contribution in [0.3, 0.4) is 0 Å². The largest absolute Gasteiger partial charge is 0.493 e.